The van der Waals surface area contributed by atoms with E-state index in [2.05, 4.69) is 10.3 Å². The minimum Gasteiger partial charge on any atom is -0.317 e. The van der Waals surface area contributed by atoms with E-state index in [1.807, 2.05) is 0 Å². The predicted octanol–water partition coefficient (Wildman–Crippen LogP) is 1.03. The van der Waals surface area contributed by atoms with Gasteiger partial charge >= 0.3 is 0 Å². The molecule has 13 heavy (non-hydrogen) atoms. The molecule has 1 aromatic rings. The average Bonchev–Trinajstić information content (AvgIpc) is 2.32. The highest BCUT2D eigenvalue weighted by Gasteiger charge is 2.15. The van der Waals surface area contributed by atoms with Crippen molar-refractivity contribution < 1.29 is 13.2 Å². The number of halogens is 1. The molecule has 1 amide bonds. The van der Waals surface area contributed by atoms with Crippen LogP contribution in [0.1, 0.15) is 6.92 Å². The average molecular weight is 241 g/mol. The Morgan fingerprint density at radius 1 is 1.69 bits per heavy atom. The number of amides is 1. The van der Waals surface area contributed by atoms with E-state index in [-0.39, 0.29) is 10.2 Å². The van der Waals surface area contributed by atoms with Gasteiger partial charge in [-0.15, -0.1) is 0 Å². The molecule has 0 radical (unpaired) electrons. The molecule has 8 heteroatoms. The molecule has 0 bridgehead atoms. The Balaban J connectivity index is 2.94. The van der Waals surface area contributed by atoms with Gasteiger partial charge in [-0.1, -0.05) is 11.3 Å². The van der Waals surface area contributed by atoms with Gasteiger partial charge in [0.2, 0.25) is 10.2 Å². The number of hydrogen-bond acceptors (Lipinski definition) is 5. The third-order valence-electron chi connectivity index (χ3n) is 0.992. The molecule has 1 heterocycles. The van der Waals surface area contributed by atoms with Gasteiger partial charge in [-0.3, -0.25) is 4.79 Å². The highest BCUT2D eigenvalue weighted by Crippen LogP contribution is 2.25. The summed E-state index contributed by atoms with van der Waals surface area (Å²) in [4.78, 5) is 14.1. The summed E-state index contributed by atoms with van der Waals surface area (Å²) in [6.45, 7) is 1.31. The number of carbonyl (C=O) groups excluding carboxylic acids is 1. The second-order valence-electron chi connectivity index (χ2n) is 2.11. The molecule has 0 atom stereocenters. The van der Waals surface area contributed by atoms with Crippen molar-refractivity contribution in [3.63, 3.8) is 0 Å². The minimum atomic E-state index is -3.79. The summed E-state index contributed by atoms with van der Waals surface area (Å²) >= 11 is 0.805. The van der Waals surface area contributed by atoms with Crippen LogP contribution in [0.25, 0.3) is 0 Å². The molecule has 72 valence electrons. The highest BCUT2D eigenvalue weighted by molar-refractivity contribution is 8.15. The van der Waals surface area contributed by atoms with Gasteiger partial charge < -0.3 is 5.32 Å². The molecule has 0 aliphatic heterocycles. The Morgan fingerprint density at radius 3 is 2.69 bits per heavy atom. The van der Waals surface area contributed by atoms with Crippen LogP contribution in [-0.2, 0) is 13.8 Å². The van der Waals surface area contributed by atoms with E-state index in [1.165, 1.54) is 13.1 Å². The molecule has 0 fully saturated rings. The summed E-state index contributed by atoms with van der Waals surface area (Å²) in [6, 6.07) is 0. The van der Waals surface area contributed by atoms with Crippen LogP contribution in [0.2, 0.25) is 0 Å². The standard InChI is InChI=1S/C5H5ClN2O3S2/c1-3(9)8-4-2-7-5(12-4)13(6,10)11/h2H,1H3,(H,8,9). The number of rotatable bonds is 2. The summed E-state index contributed by atoms with van der Waals surface area (Å²) in [7, 11) is 1.23. The Bertz CT molecular complexity index is 425. The highest BCUT2D eigenvalue weighted by atomic mass is 35.7. The molecule has 0 aliphatic rings. The van der Waals surface area contributed by atoms with E-state index in [0.29, 0.717) is 5.00 Å². The smallest absolute Gasteiger partial charge is 0.288 e. The lowest BCUT2D eigenvalue weighted by Crippen LogP contribution is -2.03. The van der Waals surface area contributed by atoms with Crippen molar-refractivity contribution in [1.82, 2.24) is 4.98 Å². The summed E-state index contributed by atoms with van der Waals surface area (Å²) in [5.41, 5.74) is 0. The van der Waals surface area contributed by atoms with E-state index >= 15 is 0 Å². The fraction of sp³-hybridized carbons (Fsp3) is 0.200. The fourth-order valence-corrected chi connectivity index (χ4v) is 2.44. The third kappa shape index (κ3) is 2.94. The van der Waals surface area contributed by atoms with Gasteiger partial charge in [-0.25, -0.2) is 13.4 Å². The summed E-state index contributed by atoms with van der Waals surface area (Å²) < 4.78 is 21.2. The number of carbonyl (C=O) groups is 1. The quantitative estimate of drug-likeness (QED) is 0.784. The third-order valence-corrected chi connectivity index (χ3v) is 3.84. The maximum absolute atomic E-state index is 10.7. The van der Waals surface area contributed by atoms with Crippen LogP contribution in [0.15, 0.2) is 10.5 Å². The second-order valence-corrected chi connectivity index (χ2v) is 5.88. The number of aromatic nitrogens is 1. The first kappa shape index (κ1) is 10.4. The summed E-state index contributed by atoms with van der Waals surface area (Å²) in [5, 5.41) is 2.74. The lowest BCUT2D eigenvalue weighted by atomic mass is 10.7. The first-order chi connectivity index (χ1) is 5.89. The van der Waals surface area contributed by atoms with Crippen molar-refractivity contribution in [2.45, 2.75) is 11.3 Å². The molecule has 0 spiro atoms. The molecule has 0 unspecified atom stereocenters. The van der Waals surface area contributed by atoms with Gasteiger partial charge in [-0.2, -0.15) is 0 Å². The van der Waals surface area contributed by atoms with Crippen molar-refractivity contribution in [2.75, 3.05) is 5.32 Å². The summed E-state index contributed by atoms with van der Waals surface area (Å²) in [5.74, 6) is -0.290. The Hall–Kier alpha value is -0.660. The van der Waals surface area contributed by atoms with Gasteiger partial charge in [0.25, 0.3) is 9.05 Å². The van der Waals surface area contributed by atoms with Gasteiger partial charge in [0.1, 0.15) is 5.00 Å². The Kier molecular flexibility index (Phi) is 2.89. The second kappa shape index (κ2) is 3.60. The van der Waals surface area contributed by atoms with E-state index in [0.717, 1.165) is 11.3 Å². The molecule has 0 saturated heterocycles. The van der Waals surface area contributed by atoms with Crippen molar-refractivity contribution in [1.29, 1.82) is 0 Å². The molecule has 1 rings (SSSR count). The number of thiazole rings is 1. The minimum absolute atomic E-state index is 0.224. The molecule has 1 aromatic heterocycles. The molecule has 5 nitrogen and oxygen atoms in total. The fourth-order valence-electron chi connectivity index (χ4n) is 0.602. The van der Waals surface area contributed by atoms with E-state index < -0.39 is 9.05 Å². The van der Waals surface area contributed by atoms with E-state index in [4.69, 9.17) is 10.7 Å². The van der Waals surface area contributed by atoms with Crippen molar-refractivity contribution >= 4 is 42.0 Å². The van der Waals surface area contributed by atoms with Crippen LogP contribution in [0.3, 0.4) is 0 Å². The number of hydrogen-bond donors (Lipinski definition) is 1. The molecule has 1 N–H and O–H groups in total. The van der Waals surface area contributed by atoms with Crippen LogP contribution in [0, 0.1) is 0 Å². The molecule has 0 aromatic carbocycles. The van der Waals surface area contributed by atoms with Gasteiger partial charge in [-0.05, 0) is 0 Å². The Morgan fingerprint density at radius 2 is 2.31 bits per heavy atom. The first-order valence-corrected chi connectivity index (χ1v) is 6.20. The zero-order valence-corrected chi connectivity index (χ0v) is 8.83. The molecular weight excluding hydrogens is 236 g/mol. The number of nitrogens with zero attached hydrogens (tertiary/aromatic N) is 1. The van der Waals surface area contributed by atoms with E-state index in [1.54, 1.807) is 0 Å². The van der Waals surface area contributed by atoms with Crippen molar-refractivity contribution in [3.05, 3.63) is 6.20 Å². The topological polar surface area (TPSA) is 76.1 Å². The lowest BCUT2D eigenvalue weighted by molar-refractivity contribution is -0.114. The number of nitrogens with one attached hydrogen (secondary N) is 1. The lowest BCUT2D eigenvalue weighted by Gasteiger charge is -1.92. The zero-order valence-electron chi connectivity index (χ0n) is 6.44. The SMILES string of the molecule is CC(=O)Nc1cnc(S(=O)(=O)Cl)s1. The van der Waals surface area contributed by atoms with Crippen molar-refractivity contribution in [2.24, 2.45) is 0 Å². The van der Waals surface area contributed by atoms with E-state index in [9.17, 15) is 13.2 Å². The van der Waals surface area contributed by atoms with Crippen molar-refractivity contribution in [3.8, 4) is 0 Å². The van der Waals surface area contributed by atoms with Crippen LogP contribution in [0.4, 0.5) is 5.00 Å². The zero-order chi connectivity index (χ0) is 10.1. The van der Waals surface area contributed by atoms with Crippen LogP contribution < -0.4 is 5.32 Å². The Labute approximate surface area is 83.2 Å². The number of anilines is 1. The maximum Gasteiger partial charge on any atom is 0.288 e. The normalized spacial score (nSPS) is 11.2. The van der Waals surface area contributed by atoms with Gasteiger partial charge in [0.15, 0.2) is 0 Å². The van der Waals surface area contributed by atoms with Gasteiger partial charge in [0, 0.05) is 17.6 Å². The molecule has 0 aliphatic carbocycles. The van der Waals surface area contributed by atoms with Gasteiger partial charge in [0.05, 0.1) is 6.20 Å². The summed E-state index contributed by atoms with van der Waals surface area (Å²) in [6.07, 6.45) is 1.24. The first-order valence-electron chi connectivity index (χ1n) is 3.07. The monoisotopic (exact) mass is 240 g/mol. The van der Waals surface area contributed by atoms with Crippen LogP contribution in [0.5, 0.6) is 0 Å². The largest absolute Gasteiger partial charge is 0.317 e. The molecule has 0 saturated carbocycles. The molecular formula is C5H5ClN2O3S2. The van der Waals surface area contributed by atoms with Crippen LogP contribution >= 0.6 is 22.0 Å². The maximum atomic E-state index is 10.7. The predicted molar refractivity (Wildman–Crippen MR) is 49.5 cm³/mol. The van der Waals surface area contributed by atoms with Crippen LogP contribution in [-0.4, -0.2) is 19.3 Å².